The predicted octanol–water partition coefficient (Wildman–Crippen LogP) is 6.48. The van der Waals surface area contributed by atoms with E-state index in [2.05, 4.69) is 10.3 Å². The Hall–Kier alpha value is -4.32. The summed E-state index contributed by atoms with van der Waals surface area (Å²) < 4.78 is 16.8. The van der Waals surface area contributed by atoms with E-state index < -0.39 is 5.91 Å². The molecule has 0 unspecified atom stereocenters. The van der Waals surface area contributed by atoms with Crippen LogP contribution in [0.4, 0.5) is 5.13 Å². The van der Waals surface area contributed by atoms with Gasteiger partial charge in [-0.15, -0.1) is 11.3 Å². The summed E-state index contributed by atoms with van der Waals surface area (Å²) in [6.45, 7) is 0.553. The molecule has 1 amide bonds. The maximum atomic E-state index is 12.7. The summed E-state index contributed by atoms with van der Waals surface area (Å²) in [5, 5.41) is 15.1. The minimum absolute atomic E-state index is 0.0691. The fourth-order valence-corrected chi connectivity index (χ4v) is 4.22. The standard InChI is InChI=1S/C28H22ClN3O4S/c1-34-26-16-19(11-12-25(26)36-14-13-35-24-10-6-5-9-22(24)29)15-21(17-30)27(33)32-28-31-23(18-37-28)20-7-3-2-4-8-20/h2-12,15-16,18H,13-14H2,1H3,(H,31,32,33). The molecule has 0 aliphatic rings. The number of carbonyl (C=O) groups excluding carboxylic acids is 1. The molecule has 186 valence electrons. The monoisotopic (exact) mass is 531 g/mol. The first-order valence-electron chi connectivity index (χ1n) is 11.2. The van der Waals surface area contributed by atoms with Gasteiger partial charge in [0.1, 0.15) is 30.6 Å². The van der Waals surface area contributed by atoms with E-state index in [9.17, 15) is 10.1 Å². The summed E-state index contributed by atoms with van der Waals surface area (Å²) in [4.78, 5) is 17.2. The van der Waals surface area contributed by atoms with E-state index in [-0.39, 0.29) is 18.8 Å². The van der Waals surface area contributed by atoms with Gasteiger partial charge in [-0.05, 0) is 35.9 Å². The Morgan fingerprint density at radius 1 is 1.03 bits per heavy atom. The highest BCUT2D eigenvalue weighted by Gasteiger charge is 2.14. The topological polar surface area (TPSA) is 93.5 Å². The first kappa shape index (κ1) is 25.8. The molecule has 37 heavy (non-hydrogen) atoms. The van der Waals surface area contributed by atoms with Crippen LogP contribution in [0.3, 0.4) is 0 Å². The van der Waals surface area contributed by atoms with Crippen molar-refractivity contribution in [1.82, 2.24) is 4.98 Å². The van der Waals surface area contributed by atoms with Crippen molar-refractivity contribution >= 4 is 40.1 Å². The Bertz CT molecular complexity index is 1450. The maximum Gasteiger partial charge on any atom is 0.268 e. The highest BCUT2D eigenvalue weighted by molar-refractivity contribution is 7.14. The van der Waals surface area contributed by atoms with Crippen molar-refractivity contribution in [3.63, 3.8) is 0 Å². The summed E-state index contributed by atoms with van der Waals surface area (Å²) in [7, 11) is 1.51. The summed E-state index contributed by atoms with van der Waals surface area (Å²) in [6.07, 6.45) is 1.48. The number of nitriles is 1. The number of methoxy groups -OCH3 is 1. The second-order valence-electron chi connectivity index (χ2n) is 7.57. The number of nitrogens with zero attached hydrogens (tertiary/aromatic N) is 2. The Labute approximate surface area is 223 Å². The first-order chi connectivity index (χ1) is 18.1. The lowest BCUT2D eigenvalue weighted by atomic mass is 10.1. The third-order valence-corrected chi connectivity index (χ3v) is 6.16. The Kier molecular flexibility index (Phi) is 8.76. The number of hydrogen-bond acceptors (Lipinski definition) is 7. The molecule has 7 nitrogen and oxygen atoms in total. The summed E-state index contributed by atoms with van der Waals surface area (Å²) in [5.41, 5.74) is 2.23. The zero-order valence-electron chi connectivity index (χ0n) is 19.8. The van der Waals surface area contributed by atoms with Gasteiger partial charge in [-0.1, -0.05) is 60.1 Å². The van der Waals surface area contributed by atoms with Crippen molar-refractivity contribution in [1.29, 1.82) is 5.26 Å². The molecule has 1 heterocycles. The van der Waals surface area contributed by atoms with Gasteiger partial charge < -0.3 is 14.2 Å². The normalized spacial score (nSPS) is 10.9. The van der Waals surface area contributed by atoms with Crippen LogP contribution >= 0.6 is 22.9 Å². The molecular formula is C28H22ClN3O4S. The van der Waals surface area contributed by atoms with Crippen LogP contribution in [0.15, 0.2) is 83.7 Å². The zero-order chi connectivity index (χ0) is 26.0. The second kappa shape index (κ2) is 12.6. The Morgan fingerprint density at radius 3 is 2.49 bits per heavy atom. The van der Waals surface area contributed by atoms with Crippen molar-refractivity contribution in [3.8, 4) is 34.6 Å². The fourth-order valence-electron chi connectivity index (χ4n) is 3.31. The first-order valence-corrected chi connectivity index (χ1v) is 12.5. The second-order valence-corrected chi connectivity index (χ2v) is 8.83. The van der Waals surface area contributed by atoms with Gasteiger partial charge in [-0.2, -0.15) is 5.26 Å². The smallest absolute Gasteiger partial charge is 0.268 e. The molecule has 1 N–H and O–H groups in total. The number of anilines is 1. The SMILES string of the molecule is COc1cc(C=C(C#N)C(=O)Nc2nc(-c3ccccc3)cs2)ccc1OCCOc1ccccc1Cl. The van der Waals surface area contributed by atoms with Crippen LogP contribution in [0.5, 0.6) is 17.2 Å². The van der Waals surface area contributed by atoms with Gasteiger partial charge >= 0.3 is 0 Å². The highest BCUT2D eigenvalue weighted by Crippen LogP contribution is 2.30. The van der Waals surface area contributed by atoms with E-state index in [1.165, 1.54) is 24.5 Å². The van der Waals surface area contributed by atoms with Gasteiger partial charge in [0.15, 0.2) is 16.6 Å². The van der Waals surface area contributed by atoms with Gasteiger partial charge in [-0.3, -0.25) is 10.1 Å². The molecule has 0 aliphatic carbocycles. The van der Waals surface area contributed by atoms with Gasteiger partial charge in [0.2, 0.25) is 0 Å². The van der Waals surface area contributed by atoms with E-state index in [4.69, 9.17) is 25.8 Å². The molecular weight excluding hydrogens is 510 g/mol. The summed E-state index contributed by atoms with van der Waals surface area (Å²) in [6, 6.07) is 23.9. The number of carbonyl (C=O) groups is 1. The van der Waals surface area contributed by atoms with E-state index in [1.54, 1.807) is 30.3 Å². The average Bonchev–Trinajstić information content (AvgIpc) is 3.40. The van der Waals surface area contributed by atoms with E-state index in [0.717, 1.165) is 11.3 Å². The lowest BCUT2D eigenvalue weighted by Crippen LogP contribution is -2.13. The van der Waals surface area contributed by atoms with Gasteiger partial charge in [0.25, 0.3) is 5.91 Å². The third kappa shape index (κ3) is 6.88. The number of aromatic nitrogens is 1. The van der Waals surface area contributed by atoms with E-state index in [1.807, 2.05) is 53.9 Å². The number of ether oxygens (including phenoxy) is 3. The third-order valence-electron chi connectivity index (χ3n) is 5.09. The molecule has 0 saturated carbocycles. The van der Waals surface area contributed by atoms with Crippen LogP contribution in [-0.4, -0.2) is 31.2 Å². The van der Waals surface area contributed by atoms with Crippen LogP contribution in [0.2, 0.25) is 5.02 Å². The van der Waals surface area contributed by atoms with Gasteiger partial charge in [0, 0.05) is 10.9 Å². The van der Waals surface area contributed by atoms with Crippen molar-refractivity contribution < 1.29 is 19.0 Å². The van der Waals surface area contributed by atoms with Crippen LogP contribution in [0.1, 0.15) is 5.56 Å². The predicted molar refractivity (Wildman–Crippen MR) is 145 cm³/mol. The number of hydrogen-bond donors (Lipinski definition) is 1. The molecule has 0 saturated heterocycles. The van der Waals surface area contributed by atoms with Crippen molar-refractivity contribution in [2.45, 2.75) is 0 Å². The highest BCUT2D eigenvalue weighted by atomic mass is 35.5. The molecule has 0 atom stereocenters. The molecule has 9 heteroatoms. The lowest BCUT2D eigenvalue weighted by molar-refractivity contribution is -0.112. The Morgan fingerprint density at radius 2 is 1.76 bits per heavy atom. The summed E-state index contributed by atoms with van der Waals surface area (Å²) in [5.74, 6) is 0.988. The molecule has 4 aromatic rings. The lowest BCUT2D eigenvalue weighted by Gasteiger charge is -2.12. The maximum absolute atomic E-state index is 12.7. The van der Waals surface area contributed by atoms with Crippen molar-refractivity contribution in [3.05, 3.63) is 94.3 Å². The molecule has 0 aliphatic heterocycles. The number of halogens is 1. The number of rotatable bonds is 10. The average molecular weight is 532 g/mol. The number of thiazole rings is 1. The Balaban J connectivity index is 1.38. The molecule has 0 bridgehead atoms. The quantitative estimate of drug-likeness (QED) is 0.143. The van der Waals surface area contributed by atoms with Crippen LogP contribution in [0.25, 0.3) is 17.3 Å². The minimum Gasteiger partial charge on any atom is -0.493 e. The van der Waals surface area contributed by atoms with E-state index in [0.29, 0.717) is 33.0 Å². The largest absolute Gasteiger partial charge is 0.493 e. The number of benzene rings is 3. The van der Waals surface area contributed by atoms with Crippen LogP contribution in [0, 0.1) is 11.3 Å². The molecule has 1 aromatic heterocycles. The van der Waals surface area contributed by atoms with Gasteiger partial charge in [-0.25, -0.2) is 4.98 Å². The summed E-state index contributed by atoms with van der Waals surface area (Å²) >= 11 is 7.38. The van der Waals surface area contributed by atoms with Gasteiger partial charge in [0.05, 0.1) is 17.8 Å². The van der Waals surface area contributed by atoms with Crippen molar-refractivity contribution in [2.24, 2.45) is 0 Å². The van der Waals surface area contributed by atoms with Crippen LogP contribution in [-0.2, 0) is 4.79 Å². The molecule has 4 rings (SSSR count). The zero-order valence-corrected chi connectivity index (χ0v) is 21.4. The van der Waals surface area contributed by atoms with E-state index >= 15 is 0 Å². The fraction of sp³-hybridized carbons (Fsp3) is 0.107. The molecule has 0 fully saturated rings. The molecule has 0 radical (unpaired) electrons. The molecule has 3 aromatic carbocycles. The van der Waals surface area contributed by atoms with Crippen molar-refractivity contribution in [2.75, 3.05) is 25.6 Å². The number of amides is 1. The molecule has 0 spiro atoms. The van der Waals surface area contributed by atoms with Crippen LogP contribution < -0.4 is 19.5 Å². The number of nitrogens with one attached hydrogen (secondary N) is 1. The number of para-hydroxylation sites is 1. The minimum atomic E-state index is -0.549.